The highest BCUT2D eigenvalue weighted by Gasteiger charge is 2.47. The Hall–Kier alpha value is -2.60. The van der Waals surface area contributed by atoms with Crippen molar-refractivity contribution in [2.75, 3.05) is 13.2 Å². The number of rotatable bonds is 7. The zero-order valence-electron chi connectivity index (χ0n) is 18.1. The van der Waals surface area contributed by atoms with Gasteiger partial charge in [-0.05, 0) is 45.4 Å². The minimum Gasteiger partial charge on any atom is -0.386 e. The number of fused-ring (bicyclic) bond motifs is 1. The van der Waals surface area contributed by atoms with Gasteiger partial charge in [-0.3, -0.25) is 14.2 Å². The van der Waals surface area contributed by atoms with E-state index >= 15 is 0 Å². The van der Waals surface area contributed by atoms with Gasteiger partial charge in [-0.15, -0.1) is 0 Å². The van der Waals surface area contributed by atoms with Crippen LogP contribution in [0.4, 0.5) is 5.69 Å². The minimum atomic E-state index is -3.65. The molecule has 0 amide bonds. The second-order valence-electron chi connectivity index (χ2n) is 7.69. The van der Waals surface area contributed by atoms with E-state index in [1.807, 2.05) is 0 Å². The van der Waals surface area contributed by atoms with Crippen molar-refractivity contribution in [3.8, 4) is 0 Å². The smallest absolute Gasteiger partial charge is 0.363 e. The van der Waals surface area contributed by atoms with Crippen LogP contribution in [0.3, 0.4) is 0 Å². The van der Waals surface area contributed by atoms with Gasteiger partial charge in [-0.2, -0.15) is 0 Å². The molecule has 1 unspecified atom stereocenters. The Balaban J connectivity index is 2.10. The normalized spacial score (nSPS) is 18.7. The monoisotopic (exact) mass is 442 g/mol. The summed E-state index contributed by atoms with van der Waals surface area (Å²) in [6.07, 6.45) is 0. The summed E-state index contributed by atoms with van der Waals surface area (Å²) in [6.45, 7) is 7.32. The van der Waals surface area contributed by atoms with Gasteiger partial charge in [0.2, 0.25) is 0 Å². The highest BCUT2D eigenvalue weighted by atomic mass is 31.2. The Morgan fingerprint density at radius 1 is 1.03 bits per heavy atom. The Labute approximate surface area is 182 Å². The molecule has 31 heavy (non-hydrogen) atoms. The lowest BCUT2D eigenvalue weighted by Crippen LogP contribution is -2.49. The number of nitrogens with two attached hydrogens (primary N) is 1. The Kier molecular flexibility index (Phi) is 6.60. The summed E-state index contributed by atoms with van der Waals surface area (Å²) in [7, 11) is -3.65. The molecule has 0 radical (unpaired) electrons. The quantitative estimate of drug-likeness (QED) is 0.301. The molecule has 1 aliphatic rings. The number of aliphatic imine (C=N–C) groups is 1. The van der Waals surface area contributed by atoms with Gasteiger partial charge in [-0.1, -0.05) is 36.4 Å². The third-order valence-electron chi connectivity index (χ3n) is 5.33. The van der Waals surface area contributed by atoms with E-state index < -0.39 is 24.7 Å². The van der Waals surface area contributed by atoms with Crippen LogP contribution in [0.15, 0.2) is 53.5 Å². The fraction of sp³-hybridized carbons (Fsp3) is 0.348. The van der Waals surface area contributed by atoms with Crippen LogP contribution in [0.25, 0.3) is 0 Å². The molecule has 0 saturated heterocycles. The Morgan fingerprint density at radius 2 is 1.61 bits per heavy atom. The first-order valence-electron chi connectivity index (χ1n) is 10.2. The van der Waals surface area contributed by atoms with Crippen molar-refractivity contribution in [1.82, 2.24) is 0 Å². The van der Waals surface area contributed by atoms with Gasteiger partial charge >= 0.3 is 7.60 Å². The number of ketones is 2. The van der Waals surface area contributed by atoms with E-state index in [4.69, 9.17) is 14.8 Å². The average molecular weight is 442 g/mol. The van der Waals surface area contributed by atoms with Gasteiger partial charge in [0.1, 0.15) is 11.8 Å². The molecular weight excluding hydrogens is 415 g/mol. The number of hydrogen-bond acceptors (Lipinski definition) is 6. The summed E-state index contributed by atoms with van der Waals surface area (Å²) >= 11 is 0. The van der Waals surface area contributed by atoms with Crippen LogP contribution >= 0.6 is 7.60 Å². The number of nitrogens with zero attached hydrogens (tertiary/aromatic N) is 1. The van der Waals surface area contributed by atoms with Crippen LogP contribution in [0.1, 0.15) is 43.6 Å². The summed E-state index contributed by atoms with van der Waals surface area (Å²) in [5.41, 5.74) is 6.70. The third kappa shape index (κ3) is 4.13. The highest BCUT2D eigenvalue weighted by molar-refractivity contribution is 7.62. The van der Waals surface area contributed by atoms with Crippen molar-refractivity contribution in [2.24, 2.45) is 16.6 Å². The van der Waals surface area contributed by atoms with Crippen LogP contribution in [-0.4, -0.2) is 30.6 Å². The third-order valence-corrected chi connectivity index (χ3v) is 7.49. The zero-order chi connectivity index (χ0) is 22.8. The Morgan fingerprint density at radius 3 is 2.26 bits per heavy atom. The molecule has 2 N–H and O–H groups in total. The molecule has 7 nitrogen and oxygen atoms in total. The fourth-order valence-electron chi connectivity index (χ4n) is 3.79. The molecule has 8 heteroatoms. The van der Waals surface area contributed by atoms with Crippen LogP contribution in [-0.2, 0) is 23.8 Å². The van der Waals surface area contributed by atoms with Gasteiger partial charge in [-0.25, -0.2) is 4.99 Å². The van der Waals surface area contributed by atoms with E-state index in [9.17, 15) is 14.2 Å². The van der Waals surface area contributed by atoms with Gasteiger partial charge < -0.3 is 14.8 Å². The van der Waals surface area contributed by atoms with Gasteiger partial charge in [0.15, 0.2) is 11.6 Å². The van der Waals surface area contributed by atoms with E-state index in [1.165, 1.54) is 0 Å². The van der Waals surface area contributed by atoms with Gasteiger partial charge in [0, 0.05) is 5.56 Å². The zero-order valence-corrected chi connectivity index (χ0v) is 19.0. The minimum absolute atomic E-state index is 0.149. The van der Waals surface area contributed by atoms with E-state index in [0.29, 0.717) is 11.1 Å². The summed E-state index contributed by atoms with van der Waals surface area (Å²) < 4.78 is 24.2. The SMILES string of the molecule is CCOP(=O)(OCC)c1ccccc1N=C(N)C1C(=O)c2ccccc2C(C)(C)C1=O. The second-order valence-corrected chi connectivity index (χ2v) is 9.68. The lowest BCUT2D eigenvalue weighted by Gasteiger charge is -2.34. The summed E-state index contributed by atoms with van der Waals surface area (Å²) in [5, 5.41) is 0.233. The lowest BCUT2D eigenvalue weighted by atomic mass is 9.66. The predicted octanol–water partition coefficient (Wildman–Crippen LogP) is 3.93. The molecule has 0 bridgehead atoms. The number of carbonyl (C=O) groups excluding carboxylic acids is 2. The van der Waals surface area contributed by atoms with E-state index in [2.05, 4.69) is 4.99 Å². The molecule has 0 aliphatic heterocycles. The molecule has 0 heterocycles. The van der Waals surface area contributed by atoms with Crippen molar-refractivity contribution in [2.45, 2.75) is 33.1 Å². The van der Waals surface area contributed by atoms with E-state index in [0.717, 1.165) is 0 Å². The molecule has 1 aliphatic carbocycles. The van der Waals surface area contributed by atoms with Gasteiger partial charge in [0.25, 0.3) is 0 Å². The molecule has 0 aromatic heterocycles. The maximum absolute atomic E-state index is 13.3. The number of benzene rings is 2. The number of carbonyl (C=O) groups is 2. The standard InChI is InChI=1S/C23H27N2O5P/c1-5-29-31(28,30-6-2)18-14-10-9-13-17(18)25-22(24)19-20(26)15-11-7-8-12-16(15)23(3,4)21(19)27/h7-14,19H,5-6H2,1-4H3,(H2,24,25). The molecule has 1 atom stereocenters. The molecule has 2 aromatic carbocycles. The molecule has 0 fully saturated rings. The molecule has 2 aromatic rings. The van der Waals surface area contributed by atoms with Crippen molar-refractivity contribution in [3.63, 3.8) is 0 Å². The number of amidine groups is 1. The maximum atomic E-state index is 13.3. The van der Waals surface area contributed by atoms with Gasteiger partial charge in [0.05, 0.1) is 29.6 Å². The average Bonchev–Trinajstić information content (AvgIpc) is 2.73. The number of hydrogen-bond donors (Lipinski definition) is 1. The van der Waals surface area contributed by atoms with Crippen molar-refractivity contribution in [3.05, 3.63) is 59.7 Å². The largest absolute Gasteiger partial charge is 0.386 e. The molecule has 164 valence electrons. The van der Waals surface area contributed by atoms with E-state index in [-0.39, 0.29) is 35.8 Å². The van der Waals surface area contributed by atoms with Crippen LogP contribution < -0.4 is 11.0 Å². The maximum Gasteiger partial charge on any atom is 0.363 e. The van der Waals surface area contributed by atoms with Crippen LogP contribution in [0.5, 0.6) is 0 Å². The topological polar surface area (TPSA) is 108 Å². The Bertz CT molecular complexity index is 1080. The predicted molar refractivity (Wildman–Crippen MR) is 121 cm³/mol. The first kappa shape index (κ1) is 23.1. The van der Waals surface area contributed by atoms with Crippen molar-refractivity contribution >= 4 is 36.0 Å². The fourth-order valence-corrected chi connectivity index (χ4v) is 5.50. The van der Waals surface area contributed by atoms with Crippen molar-refractivity contribution < 1.29 is 23.2 Å². The lowest BCUT2D eigenvalue weighted by molar-refractivity contribution is -0.124. The molecule has 0 spiro atoms. The van der Waals surface area contributed by atoms with Crippen molar-refractivity contribution in [1.29, 1.82) is 0 Å². The first-order chi connectivity index (χ1) is 14.7. The molecular formula is C23H27N2O5P. The summed E-state index contributed by atoms with van der Waals surface area (Å²) in [6, 6.07) is 13.6. The molecule has 0 saturated carbocycles. The van der Waals surface area contributed by atoms with Crippen LogP contribution in [0, 0.1) is 5.92 Å². The summed E-state index contributed by atoms with van der Waals surface area (Å²) in [5.74, 6) is -2.09. The molecule has 3 rings (SSSR count). The highest BCUT2D eigenvalue weighted by Crippen LogP contribution is 2.49. The number of Topliss-reactive ketones (excluding diaryl/α,β-unsaturated/α-hetero) is 2. The van der Waals surface area contributed by atoms with E-state index in [1.54, 1.807) is 76.2 Å². The number of para-hydroxylation sites is 1. The summed E-state index contributed by atoms with van der Waals surface area (Å²) in [4.78, 5) is 30.8. The first-order valence-corrected chi connectivity index (χ1v) is 11.7. The van der Waals surface area contributed by atoms with Crippen LogP contribution in [0.2, 0.25) is 0 Å². The second kappa shape index (κ2) is 8.87.